The minimum absolute atomic E-state index is 0.0751. The third-order valence-corrected chi connectivity index (χ3v) is 4.26. The van der Waals surface area contributed by atoms with Crippen LogP contribution in [-0.4, -0.2) is 51.1 Å². The fourth-order valence-corrected chi connectivity index (χ4v) is 3.25. The van der Waals surface area contributed by atoms with Crippen molar-refractivity contribution in [2.24, 2.45) is 0 Å². The number of carbonyl (C=O) groups is 1. The maximum absolute atomic E-state index is 12.0. The van der Waals surface area contributed by atoms with E-state index in [9.17, 15) is 4.79 Å². The zero-order chi connectivity index (χ0) is 17.6. The van der Waals surface area contributed by atoms with E-state index in [0.29, 0.717) is 6.54 Å². The van der Waals surface area contributed by atoms with Gasteiger partial charge in [0.2, 0.25) is 5.91 Å². The molecule has 0 spiro atoms. The minimum Gasteiger partial charge on any atom is -0.373 e. The second-order valence-electron chi connectivity index (χ2n) is 6.60. The van der Waals surface area contributed by atoms with Crippen LogP contribution in [0.1, 0.15) is 25.0 Å². The average molecular weight is 343 g/mol. The lowest BCUT2D eigenvalue weighted by Crippen LogP contribution is -2.45. The smallest absolute Gasteiger partial charge is 0.242 e. The summed E-state index contributed by atoms with van der Waals surface area (Å²) in [7, 11) is 0. The van der Waals surface area contributed by atoms with Gasteiger partial charge >= 0.3 is 0 Å². The summed E-state index contributed by atoms with van der Waals surface area (Å²) in [6, 6.07) is 8.25. The standard InChI is InChI=1S/C18H25N5O2/c1-14-10-22(11-15(2)25-14)12-17-6-4-3-5-16(17)9-19-18(24)13-23-8-7-20-21-23/h3-8,14-15H,9-13H2,1-2H3,(H,19,24)/t14-,15+. The Morgan fingerprint density at radius 2 is 1.96 bits per heavy atom. The van der Waals surface area contributed by atoms with Gasteiger partial charge in [0, 0.05) is 32.4 Å². The maximum Gasteiger partial charge on any atom is 0.242 e. The molecule has 134 valence electrons. The normalized spacial score (nSPS) is 21.2. The first-order valence-corrected chi connectivity index (χ1v) is 8.65. The summed E-state index contributed by atoms with van der Waals surface area (Å²) in [5.41, 5.74) is 2.38. The van der Waals surface area contributed by atoms with Crippen molar-refractivity contribution in [2.45, 2.75) is 45.7 Å². The summed E-state index contributed by atoms with van der Waals surface area (Å²) in [6.45, 7) is 7.64. The van der Waals surface area contributed by atoms with Crippen molar-refractivity contribution in [3.8, 4) is 0 Å². The van der Waals surface area contributed by atoms with E-state index < -0.39 is 0 Å². The van der Waals surface area contributed by atoms with Gasteiger partial charge in [-0.15, -0.1) is 5.10 Å². The molecule has 1 aromatic carbocycles. The van der Waals surface area contributed by atoms with Crippen LogP contribution in [0.15, 0.2) is 36.7 Å². The first-order chi connectivity index (χ1) is 12.1. The number of nitrogens with one attached hydrogen (secondary N) is 1. The van der Waals surface area contributed by atoms with Crippen LogP contribution < -0.4 is 5.32 Å². The molecule has 1 fully saturated rings. The lowest BCUT2D eigenvalue weighted by atomic mass is 10.1. The van der Waals surface area contributed by atoms with Gasteiger partial charge in [-0.3, -0.25) is 9.69 Å². The number of carbonyl (C=O) groups excluding carboxylic acids is 1. The lowest BCUT2D eigenvalue weighted by Gasteiger charge is -2.35. The van der Waals surface area contributed by atoms with Gasteiger partial charge in [-0.2, -0.15) is 0 Å². The van der Waals surface area contributed by atoms with E-state index in [-0.39, 0.29) is 24.7 Å². The lowest BCUT2D eigenvalue weighted by molar-refractivity contribution is -0.122. The molecule has 3 rings (SSSR count). The second-order valence-corrected chi connectivity index (χ2v) is 6.60. The summed E-state index contributed by atoms with van der Waals surface area (Å²) < 4.78 is 7.31. The summed E-state index contributed by atoms with van der Waals surface area (Å²) >= 11 is 0. The van der Waals surface area contributed by atoms with Crippen molar-refractivity contribution in [1.82, 2.24) is 25.2 Å². The Hall–Kier alpha value is -2.25. The Kier molecular flexibility index (Phi) is 5.78. The van der Waals surface area contributed by atoms with E-state index in [4.69, 9.17) is 4.74 Å². The highest BCUT2D eigenvalue weighted by Crippen LogP contribution is 2.17. The molecule has 2 heterocycles. The molecule has 0 aliphatic carbocycles. The molecule has 2 atom stereocenters. The van der Waals surface area contributed by atoms with Gasteiger partial charge in [0.05, 0.1) is 18.4 Å². The van der Waals surface area contributed by atoms with Crippen LogP contribution in [0.2, 0.25) is 0 Å². The molecule has 7 heteroatoms. The molecule has 1 N–H and O–H groups in total. The van der Waals surface area contributed by atoms with Crippen LogP contribution in [-0.2, 0) is 29.2 Å². The van der Waals surface area contributed by atoms with Crippen LogP contribution in [0.25, 0.3) is 0 Å². The molecule has 1 amide bonds. The Labute approximate surface area is 148 Å². The highest BCUT2D eigenvalue weighted by molar-refractivity contribution is 5.75. The van der Waals surface area contributed by atoms with Crippen molar-refractivity contribution >= 4 is 5.91 Å². The van der Waals surface area contributed by atoms with E-state index in [1.165, 1.54) is 10.2 Å². The van der Waals surface area contributed by atoms with Gasteiger partial charge in [0.15, 0.2) is 0 Å². The monoisotopic (exact) mass is 343 g/mol. The second kappa shape index (κ2) is 8.22. The Balaban J connectivity index is 1.58. The van der Waals surface area contributed by atoms with Crippen LogP contribution in [0, 0.1) is 0 Å². The van der Waals surface area contributed by atoms with Crippen LogP contribution in [0.4, 0.5) is 0 Å². The average Bonchev–Trinajstić information content (AvgIpc) is 3.06. The number of benzene rings is 1. The van der Waals surface area contributed by atoms with E-state index in [2.05, 4.69) is 46.5 Å². The number of ether oxygens (including phenoxy) is 1. The molecule has 7 nitrogen and oxygen atoms in total. The van der Waals surface area contributed by atoms with Crippen LogP contribution >= 0.6 is 0 Å². The predicted molar refractivity (Wildman–Crippen MR) is 93.6 cm³/mol. The number of morpholine rings is 1. The number of hydrogen-bond donors (Lipinski definition) is 1. The molecule has 0 unspecified atom stereocenters. The minimum atomic E-state index is -0.0751. The molecule has 2 aromatic rings. The number of hydrogen-bond acceptors (Lipinski definition) is 5. The fourth-order valence-electron chi connectivity index (χ4n) is 3.25. The molecular formula is C18H25N5O2. The largest absolute Gasteiger partial charge is 0.373 e. The van der Waals surface area contributed by atoms with Gasteiger partial charge in [-0.25, -0.2) is 4.68 Å². The van der Waals surface area contributed by atoms with Crippen LogP contribution in [0.3, 0.4) is 0 Å². The van der Waals surface area contributed by atoms with Gasteiger partial charge in [-0.05, 0) is 25.0 Å². The van der Waals surface area contributed by atoms with Crippen molar-refractivity contribution in [1.29, 1.82) is 0 Å². The molecule has 0 radical (unpaired) electrons. The maximum atomic E-state index is 12.0. The van der Waals surface area contributed by atoms with Gasteiger partial charge in [0.1, 0.15) is 6.54 Å². The Morgan fingerprint density at radius 3 is 2.64 bits per heavy atom. The zero-order valence-corrected chi connectivity index (χ0v) is 14.8. The van der Waals surface area contributed by atoms with E-state index in [1.54, 1.807) is 12.4 Å². The number of amides is 1. The molecule has 1 aliphatic heterocycles. The van der Waals surface area contributed by atoms with E-state index >= 15 is 0 Å². The molecule has 1 aromatic heterocycles. The highest BCUT2D eigenvalue weighted by atomic mass is 16.5. The Morgan fingerprint density at radius 1 is 1.24 bits per heavy atom. The molecule has 1 aliphatic rings. The fraction of sp³-hybridized carbons (Fsp3) is 0.500. The van der Waals surface area contributed by atoms with Gasteiger partial charge in [-0.1, -0.05) is 29.5 Å². The molecule has 25 heavy (non-hydrogen) atoms. The molecule has 0 bridgehead atoms. The Bertz CT molecular complexity index is 679. The van der Waals surface area contributed by atoms with Gasteiger partial charge in [0.25, 0.3) is 0 Å². The first kappa shape index (κ1) is 17.6. The summed E-state index contributed by atoms with van der Waals surface area (Å²) in [5, 5.41) is 10.5. The third kappa shape index (κ3) is 5.11. The van der Waals surface area contributed by atoms with Crippen molar-refractivity contribution in [3.63, 3.8) is 0 Å². The SMILES string of the molecule is C[C@@H]1CN(Cc2ccccc2CNC(=O)Cn2ccnn2)C[C@H](C)O1. The first-order valence-electron chi connectivity index (χ1n) is 8.65. The molecular weight excluding hydrogens is 318 g/mol. The predicted octanol–water partition coefficient (Wildman–Crippen LogP) is 1.20. The summed E-state index contributed by atoms with van der Waals surface area (Å²) in [4.78, 5) is 14.5. The topological polar surface area (TPSA) is 72.3 Å². The van der Waals surface area contributed by atoms with E-state index in [1.807, 2.05) is 12.1 Å². The quantitative estimate of drug-likeness (QED) is 0.853. The summed E-state index contributed by atoms with van der Waals surface area (Å²) in [6.07, 6.45) is 3.73. The highest BCUT2D eigenvalue weighted by Gasteiger charge is 2.22. The molecule has 0 saturated carbocycles. The number of nitrogens with zero attached hydrogens (tertiary/aromatic N) is 4. The van der Waals surface area contributed by atoms with Crippen molar-refractivity contribution < 1.29 is 9.53 Å². The molecule has 1 saturated heterocycles. The van der Waals surface area contributed by atoms with E-state index in [0.717, 1.165) is 25.2 Å². The van der Waals surface area contributed by atoms with Crippen molar-refractivity contribution in [2.75, 3.05) is 13.1 Å². The summed E-state index contributed by atoms with van der Waals surface area (Å²) in [5.74, 6) is -0.0751. The van der Waals surface area contributed by atoms with Crippen molar-refractivity contribution in [3.05, 3.63) is 47.8 Å². The van der Waals surface area contributed by atoms with Gasteiger partial charge < -0.3 is 10.1 Å². The third-order valence-electron chi connectivity index (χ3n) is 4.26. The van der Waals surface area contributed by atoms with Crippen LogP contribution in [0.5, 0.6) is 0 Å². The number of rotatable bonds is 6. The zero-order valence-electron chi connectivity index (χ0n) is 14.8. The number of aromatic nitrogens is 3.